The number of aliphatic hydroxyl groups is 1. The van der Waals surface area contributed by atoms with Crippen LogP contribution in [0.1, 0.15) is 6.92 Å². The van der Waals surface area contributed by atoms with Crippen LogP contribution in [0.4, 0.5) is 0 Å². The van der Waals surface area contributed by atoms with Crippen molar-refractivity contribution < 1.29 is 5.11 Å². The quantitative estimate of drug-likeness (QED) is 0.644. The zero-order valence-electron chi connectivity index (χ0n) is 7.57. The Bertz CT molecular complexity index is 134. The Kier molecular flexibility index (Phi) is 4.35. The normalized spacial score (nSPS) is 28.8. The van der Waals surface area contributed by atoms with E-state index < -0.39 is 0 Å². The molecule has 1 fully saturated rings. The number of β-amino-alcohol motifs (C(OH)–C–C–N with tert-alkyl or cyclic N) is 1. The molecule has 4 heteroatoms. The Labute approximate surface area is 78.3 Å². The maximum absolute atomic E-state index is 9.32. The van der Waals surface area contributed by atoms with Crippen LogP contribution in [0.3, 0.4) is 0 Å². The average molecular weight is 190 g/mol. The Hall–Kier alpha value is 0.230. The molecule has 2 unspecified atom stereocenters. The summed E-state index contributed by atoms with van der Waals surface area (Å²) in [4.78, 5) is 2.29. The maximum Gasteiger partial charge on any atom is 0.0789 e. The van der Waals surface area contributed by atoms with Crippen LogP contribution in [-0.2, 0) is 0 Å². The Morgan fingerprint density at radius 3 is 3.08 bits per heavy atom. The van der Waals surface area contributed by atoms with E-state index in [0.717, 1.165) is 19.6 Å². The van der Waals surface area contributed by atoms with Gasteiger partial charge in [0.15, 0.2) is 0 Å². The molecule has 0 amide bonds. The Morgan fingerprint density at radius 2 is 2.50 bits per heavy atom. The average Bonchev–Trinajstić information content (AvgIpc) is 2.04. The molecule has 2 atom stereocenters. The highest BCUT2D eigenvalue weighted by molar-refractivity contribution is 7.99. The van der Waals surface area contributed by atoms with E-state index >= 15 is 0 Å². The fourth-order valence-corrected chi connectivity index (χ4v) is 2.51. The van der Waals surface area contributed by atoms with Crippen molar-refractivity contribution in [2.24, 2.45) is 5.73 Å². The molecule has 0 spiro atoms. The highest BCUT2D eigenvalue weighted by Crippen LogP contribution is 2.17. The van der Waals surface area contributed by atoms with Gasteiger partial charge in [0.2, 0.25) is 0 Å². The summed E-state index contributed by atoms with van der Waals surface area (Å²) in [5.41, 5.74) is 5.34. The van der Waals surface area contributed by atoms with Gasteiger partial charge in [0, 0.05) is 37.2 Å². The summed E-state index contributed by atoms with van der Waals surface area (Å²) in [6.07, 6.45) is -0.347. The highest BCUT2D eigenvalue weighted by atomic mass is 32.2. The predicted molar refractivity (Wildman–Crippen MR) is 53.4 cm³/mol. The number of nitrogens with zero attached hydrogens (tertiary/aromatic N) is 1. The smallest absolute Gasteiger partial charge is 0.0789 e. The Balaban J connectivity index is 2.22. The minimum atomic E-state index is -0.347. The molecule has 0 bridgehead atoms. The van der Waals surface area contributed by atoms with E-state index in [-0.39, 0.29) is 6.10 Å². The fourth-order valence-electron chi connectivity index (χ4n) is 1.43. The van der Waals surface area contributed by atoms with Crippen LogP contribution >= 0.6 is 11.8 Å². The molecule has 72 valence electrons. The van der Waals surface area contributed by atoms with Crippen molar-refractivity contribution in [1.82, 2.24) is 4.90 Å². The van der Waals surface area contributed by atoms with Crippen LogP contribution in [0.5, 0.6) is 0 Å². The van der Waals surface area contributed by atoms with Gasteiger partial charge in [-0.15, -0.1) is 0 Å². The topological polar surface area (TPSA) is 49.5 Å². The monoisotopic (exact) mass is 190 g/mol. The molecular formula is C8H18N2OS. The summed E-state index contributed by atoms with van der Waals surface area (Å²) < 4.78 is 0. The van der Waals surface area contributed by atoms with E-state index in [1.807, 2.05) is 11.8 Å². The molecule has 1 aliphatic rings. The van der Waals surface area contributed by atoms with Crippen LogP contribution < -0.4 is 5.73 Å². The molecule has 1 aliphatic heterocycles. The number of thioether (sulfide) groups is 1. The van der Waals surface area contributed by atoms with E-state index in [1.165, 1.54) is 5.75 Å². The molecule has 0 aromatic rings. The summed E-state index contributed by atoms with van der Waals surface area (Å²) in [6.45, 7) is 5.51. The van der Waals surface area contributed by atoms with Gasteiger partial charge in [0.25, 0.3) is 0 Å². The summed E-state index contributed by atoms with van der Waals surface area (Å²) in [5.74, 6) is 1.18. The van der Waals surface area contributed by atoms with Crippen molar-refractivity contribution in [2.75, 3.05) is 31.9 Å². The van der Waals surface area contributed by atoms with Crippen LogP contribution in [-0.4, -0.2) is 53.3 Å². The third kappa shape index (κ3) is 3.31. The van der Waals surface area contributed by atoms with Crippen molar-refractivity contribution in [3.63, 3.8) is 0 Å². The molecule has 12 heavy (non-hydrogen) atoms. The van der Waals surface area contributed by atoms with E-state index in [9.17, 15) is 5.11 Å². The van der Waals surface area contributed by atoms with Gasteiger partial charge in [0.1, 0.15) is 0 Å². The highest BCUT2D eigenvalue weighted by Gasteiger charge is 2.18. The van der Waals surface area contributed by atoms with E-state index in [4.69, 9.17) is 5.73 Å². The lowest BCUT2D eigenvalue weighted by Crippen LogP contribution is -2.43. The van der Waals surface area contributed by atoms with E-state index in [2.05, 4.69) is 11.8 Å². The molecule has 0 saturated carbocycles. The van der Waals surface area contributed by atoms with Gasteiger partial charge < -0.3 is 10.8 Å². The molecule has 0 aliphatic carbocycles. The molecule has 3 N–H and O–H groups in total. The van der Waals surface area contributed by atoms with E-state index in [0.29, 0.717) is 11.8 Å². The first-order valence-corrected chi connectivity index (χ1v) is 5.49. The lowest BCUT2D eigenvalue weighted by atomic mass is 10.3. The van der Waals surface area contributed by atoms with Crippen LogP contribution in [0.2, 0.25) is 0 Å². The van der Waals surface area contributed by atoms with Gasteiger partial charge in [-0.05, 0) is 0 Å². The number of rotatable bonds is 3. The van der Waals surface area contributed by atoms with Crippen molar-refractivity contribution in [3.8, 4) is 0 Å². The first kappa shape index (κ1) is 10.3. The second kappa shape index (κ2) is 5.07. The lowest BCUT2D eigenvalue weighted by molar-refractivity contribution is 0.121. The van der Waals surface area contributed by atoms with Gasteiger partial charge in [-0.1, -0.05) is 6.92 Å². The number of aliphatic hydroxyl groups excluding tert-OH is 1. The number of hydrogen-bond donors (Lipinski definition) is 2. The second-order valence-corrected chi connectivity index (χ2v) is 4.88. The fraction of sp³-hybridized carbons (Fsp3) is 1.00. The number of nitrogens with two attached hydrogens (primary N) is 1. The maximum atomic E-state index is 9.32. The molecular weight excluding hydrogens is 172 g/mol. The van der Waals surface area contributed by atoms with Crippen molar-refractivity contribution in [2.45, 2.75) is 18.3 Å². The molecule has 1 saturated heterocycles. The van der Waals surface area contributed by atoms with Crippen molar-refractivity contribution in [1.29, 1.82) is 0 Å². The van der Waals surface area contributed by atoms with Crippen LogP contribution in [0.15, 0.2) is 0 Å². The summed E-state index contributed by atoms with van der Waals surface area (Å²) in [7, 11) is 0. The lowest BCUT2D eigenvalue weighted by Gasteiger charge is -2.31. The van der Waals surface area contributed by atoms with Crippen LogP contribution in [0, 0.1) is 0 Å². The minimum Gasteiger partial charge on any atom is -0.390 e. The SMILES string of the molecule is CC1CN(CC(O)CN)CCS1. The predicted octanol–water partition coefficient (Wildman–Crippen LogP) is -0.257. The third-order valence-electron chi connectivity index (χ3n) is 2.07. The van der Waals surface area contributed by atoms with Gasteiger partial charge in [-0.2, -0.15) is 11.8 Å². The van der Waals surface area contributed by atoms with Gasteiger partial charge in [-0.25, -0.2) is 0 Å². The second-order valence-electron chi connectivity index (χ2n) is 3.33. The molecule has 0 radical (unpaired) electrons. The van der Waals surface area contributed by atoms with Crippen molar-refractivity contribution >= 4 is 11.8 Å². The zero-order chi connectivity index (χ0) is 8.97. The Morgan fingerprint density at radius 1 is 1.75 bits per heavy atom. The van der Waals surface area contributed by atoms with E-state index in [1.54, 1.807) is 0 Å². The van der Waals surface area contributed by atoms with Gasteiger partial charge in [-0.3, -0.25) is 4.90 Å². The molecule has 0 aromatic carbocycles. The molecule has 3 nitrogen and oxygen atoms in total. The van der Waals surface area contributed by atoms with Gasteiger partial charge in [0.05, 0.1) is 6.10 Å². The number of hydrogen-bond acceptors (Lipinski definition) is 4. The molecule has 1 heterocycles. The summed E-state index contributed by atoms with van der Waals surface area (Å²) in [6, 6.07) is 0. The van der Waals surface area contributed by atoms with Crippen LogP contribution in [0.25, 0.3) is 0 Å². The largest absolute Gasteiger partial charge is 0.390 e. The van der Waals surface area contributed by atoms with Crippen molar-refractivity contribution in [3.05, 3.63) is 0 Å². The summed E-state index contributed by atoms with van der Waals surface area (Å²) >= 11 is 2.00. The molecule has 1 rings (SSSR count). The zero-order valence-corrected chi connectivity index (χ0v) is 8.39. The molecule has 0 aromatic heterocycles. The van der Waals surface area contributed by atoms with Gasteiger partial charge >= 0.3 is 0 Å². The summed E-state index contributed by atoms with van der Waals surface area (Å²) in [5, 5.41) is 10.0. The standard InChI is InChI=1S/C8H18N2OS/c1-7-5-10(2-3-12-7)6-8(11)4-9/h7-8,11H,2-6,9H2,1H3. The third-order valence-corrected chi connectivity index (χ3v) is 3.20. The first-order valence-electron chi connectivity index (χ1n) is 4.44. The first-order chi connectivity index (χ1) is 5.72. The minimum absolute atomic E-state index is 0.347.